The molecule has 2 aliphatic heterocycles. The van der Waals surface area contributed by atoms with Crippen molar-refractivity contribution < 1.29 is 14.6 Å². The second-order valence-corrected chi connectivity index (χ2v) is 6.02. The molecule has 1 amide bonds. The number of hydrogen-bond acceptors (Lipinski definition) is 4. The van der Waals surface area contributed by atoms with Crippen molar-refractivity contribution >= 4 is 5.91 Å². The molecular formula is C15H28N2O3. The van der Waals surface area contributed by atoms with Gasteiger partial charge in [-0.1, -0.05) is 0 Å². The second kappa shape index (κ2) is 7.38. The summed E-state index contributed by atoms with van der Waals surface area (Å²) in [5.74, 6) is 0.555. The third kappa shape index (κ3) is 3.51. The fourth-order valence-corrected chi connectivity index (χ4v) is 3.61. The average Bonchev–Trinajstić information content (AvgIpc) is 2.48. The number of aliphatic hydroxyl groups excluding tert-OH is 1. The Kier molecular flexibility index (Phi) is 5.81. The van der Waals surface area contributed by atoms with Gasteiger partial charge in [-0.2, -0.15) is 0 Å². The summed E-state index contributed by atoms with van der Waals surface area (Å²) >= 11 is 0. The Bertz CT molecular complexity index is 314. The molecule has 116 valence electrons. The molecule has 2 fully saturated rings. The van der Waals surface area contributed by atoms with Crippen LogP contribution in [0.4, 0.5) is 0 Å². The summed E-state index contributed by atoms with van der Waals surface area (Å²) in [7, 11) is 0. The maximum absolute atomic E-state index is 12.1. The number of amides is 1. The first-order valence-electron chi connectivity index (χ1n) is 7.89. The lowest BCUT2D eigenvalue weighted by Crippen LogP contribution is -2.53. The number of piperidine rings is 2. The average molecular weight is 284 g/mol. The molecular weight excluding hydrogens is 256 g/mol. The number of nitrogens with one attached hydrogen (secondary N) is 1. The Morgan fingerprint density at radius 3 is 2.80 bits per heavy atom. The molecule has 2 saturated heterocycles. The lowest BCUT2D eigenvalue weighted by Gasteiger charge is -2.49. The minimum atomic E-state index is 0.211. The molecule has 0 saturated carbocycles. The highest BCUT2D eigenvalue weighted by Crippen LogP contribution is 2.43. The summed E-state index contributed by atoms with van der Waals surface area (Å²) in [6.07, 6.45) is 3.67. The second-order valence-electron chi connectivity index (χ2n) is 6.02. The number of ether oxygens (including phenoxy) is 1. The Labute approximate surface area is 121 Å². The van der Waals surface area contributed by atoms with Gasteiger partial charge in [0, 0.05) is 38.8 Å². The van der Waals surface area contributed by atoms with E-state index >= 15 is 0 Å². The van der Waals surface area contributed by atoms with Gasteiger partial charge in [0.05, 0.1) is 13.0 Å². The molecule has 2 N–H and O–H groups in total. The van der Waals surface area contributed by atoms with E-state index in [1.54, 1.807) is 0 Å². The zero-order valence-electron chi connectivity index (χ0n) is 12.6. The van der Waals surface area contributed by atoms with E-state index in [2.05, 4.69) is 5.32 Å². The van der Waals surface area contributed by atoms with Crippen LogP contribution < -0.4 is 5.32 Å². The molecule has 5 heteroatoms. The minimum Gasteiger partial charge on any atom is -0.396 e. The quantitative estimate of drug-likeness (QED) is 0.727. The molecule has 1 unspecified atom stereocenters. The Balaban J connectivity index is 1.83. The van der Waals surface area contributed by atoms with Crippen LogP contribution in [0.2, 0.25) is 0 Å². The number of rotatable bonds is 5. The van der Waals surface area contributed by atoms with E-state index in [0.717, 1.165) is 45.4 Å². The Morgan fingerprint density at radius 2 is 2.15 bits per heavy atom. The van der Waals surface area contributed by atoms with Crippen LogP contribution in [-0.2, 0) is 9.53 Å². The molecule has 0 aromatic carbocycles. The minimum absolute atomic E-state index is 0.211. The predicted octanol–water partition coefficient (Wildman–Crippen LogP) is 0.624. The first-order chi connectivity index (χ1) is 9.72. The topological polar surface area (TPSA) is 61.8 Å². The predicted molar refractivity (Wildman–Crippen MR) is 77.4 cm³/mol. The lowest BCUT2D eigenvalue weighted by molar-refractivity contribution is -0.136. The fraction of sp³-hybridized carbons (Fsp3) is 0.933. The zero-order chi connectivity index (χ0) is 14.4. The fourth-order valence-electron chi connectivity index (χ4n) is 3.61. The SMILES string of the molecule is CCOCCC(=O)N1CCC2(CCNCC2CO)CC1. The molecule has 1 atom stereocenters. The van der Waals surface area contributed by atoms with Crippen molar-refractivity contribution in [1.82, 2.24) is 10.2 Å². The van der Waals surface area contributed by atoms with Gasteiger partial charge in [-0.3, -0.25) is 4.79 Å². The van der Waals surface area contributed by atoms with Crippen LogP contribution in [-0.4, -0.2) is 61.9 Å². The van der Waals surface area contributed by atoms with Gasteiger partial charge < -0.3 is 20.1 Å². The van der Waals surface area contributed by atoms with Gasteiger partial charge in [0.25, 0.3) is 0 Å². The van der Waals surface area contributed by atoms with E-state index in [1.165, 1.54) is 0 Å². The highest BCUT2D eigenvalue weighted by molar-refractivity contribution is 5.76. The van der Waals surface area contributed by atoms with Crippen LogP contribution in [0, 0.1) is 11.3 Å². The molecule has 20 heavy (non-hydrogen) atoms. The zero-order valence-corrected chi connectivity index (χ0v) is 12.6. The molecule has 5 nitrogen and oxygen atoms in total. The highest BCUT2D eigenvalue weighted by Gasteiger charge is 2.43. The molecule has 0 radical (unpaired) electrons. The number of carbonyl (C=O) groups is 1. The molecule has 0 aromatic rings. The normalized spacial score (nSPS) is 25.9. The maximum atomic E-state index is 12.1. The van der Waals surface area contributed by atoms with Crippen molar-refractivity contribution in [2.75, 3.05) is 46.0 Å². The van der Waals surface area contributed by atoms with Gasteiger partial charge in [-0.15, -0.1) is 0 Å². The van der Waals surface area contributed by atoms with Crippen LogP contribution in [0.25, 0.3) is 0 Å². The van der Waals surface area contributed by atoms with Gasteiger partial charge in [0.15, 0.2) is 0 Å². The maximum Gasteiger partial charge on any atom is 0.224 e. The molecule has 2 heterocycles. The molecule has 0 bridgehead atoms. The summed E-state index contributed by atoms with van der Waals surface area (Å²) in [5.41, 5.74) is 0.247. The van der Waals surface area contributed by atoms with E-state index in [9.17, 15) is 9.90 Å². The largest absolute Gasteiger partial charge is 0.396 e. The van der Waals surface area contributed by atoms with Crippen LogP contribution in [0.5, 0.6) is 0 Å². The van der Waals surface area contributed by atoms with E-state index in [1.807, 2.05) is 11.8 Å². The third-order valence-electron chi connectivity index (χ3n) is 5.05. The van der Waals surface area contributed by atoms with E-state index in [0.29, 0.717) is 25.6 Å². The Hall–Kier alpha value is -0.650. The van der Waals surface area contributed by atoms with E-state index in [-0.39, 0.29) is 17.9 Å². The molecule has 2 aliphatic rings. The summed E-state index contributed by atoms with van der Waals surface area (Å²) in [6, 6.07) is 0. The van der Waals surface area contributed by atoms with Crippen LogP contribution in [0.15, 0.2) is 0 Å². The molecule has 0 aliphatic carbocycles. The highest BCUT2D eigenvalue weighted by atomic mass is 16.5. The van der Waals surface area contributed by atoms with Gasteiger partial charge in [-0.25, -0.2) is 0 Å². The number of likely N-dealkylation sites (tertiary alicyclic amines) is 1. The molecule has 2 rings (SSSR count). The van der Waals surface area contributed by atoms with Crippen molar-refractivity contribution in [2.24, 2.45) is 11.3 Å². The summed E-state index contributed by atoms with van der Waals surface area (Å²) in [5, 5.41) is 13.0. The number of nitrogens with zero attached hydrogens (tertiary/aromatic N) is 1. The third-order valence-corrected chi connectivity index (χ3v) is 5.05. The van der Waals surface area contributed by atoms with E-state index < -0.39 is 0 Å². The molecule has 1 spiro atoms. The van der Waals surface area contributed by atoms with Crippen molar-refractivity contribution in [3.05, 3.63) is 0 Å². The summed E-state index contributed by atoms with van der Waals surface area (Å²) in [6.45, 7) is 7.01. The van der Waals surface area contributed by atoms with Crippen molar-refractivity contribution in [1.29, 1.82) is 0 Å². The van der Waals surface area contributed by atoms with Crippen LogP contribution >= 0.6 is 0 Å². The molecule has 0 aromatic heterocycles. The van der Waals surface area contributed by atoms with E-state index in [4.69, 9.17) is 4.74 Å². The lowest BCUT2D eigenvalue weighted by atomic mass is 9.65. The monoisotopic (exact) mass is 284 g/mol. The standard InChI is InChI=1S/C15H28N2O3/c1-2-20-10-3-14(19)17-8-5-15(6-9-17)4-7-16-11-13(15)12-18/h13,16,18H,2-12H2,1H3. The Morgan fingerprint density at radius 1 is 1.40 bits per heavy atom. The number of aliphatic hydroxyl groups is 1. The first kappa shape index (κ1) is 15.7. The van der Waals surface area contributed by atoms with Gasteiger partial charge in [0.2, 0.25) is 5.91 Å². The van der Waals surface area contributed by atoms with Gasteiger partial charge in [-0.05, 0) is 38.1 Å². The smallest absolute Gasteiger partial charge is 0.224 e. The van der Waals surface area contributed by atoms with Gasteiger partial charge >= 0.3 is 0 Å². The van der Waals surface area contributed by atoms with Crippen molar-refractivity contribution in [3.63, 3.8) is 0 Å². The van der Waals surface area contributed by atoms with Crippen molar-refractivity contribution in [2.45, 2.75) is 32.6 Å². The summed E-state index contributed by atoms with van der Waals surface area (Å²) in [4.78, 5) is 14.1. The number of carbonyl (C=O) groups excluding carboxylic acids is 1. The first-order valence-corrected chi connectivity index (χ1v) is 7.89. The number of hydrogen-bond donors (Lipinski definition) is 2. The van der Waals surface area contributed by atoms with Gasteiger partial charge in [0.1, 0.15) is 0 Å². The van der Waals surface area contributed by atoms with Crippen LogP contribution in [0.3, 0.4) is 0 Å². The van der Waals surface area contributed by atoms with Crippen LogP contribution in [0.1, 0.15) is 32.6 Å². The van der Waals surface area contributed by atoms with Crippen molar-refractivity contribution in [3.8, 4) is 0 Å². The summed E-state index contributed by atoms with van der Waals surface area (Å²) < 4.78 is 5.25.